The lowest BCUT2D eigenvalue weighted by Gasteiger charge is -2.29. The Labute approximate surface area is 155 Å². The van der Waals surface area contributed by atoms with E-state index in [2.05, 4.69) is 47.9 Å². The number of likely N-dealkylation sites (N-methyl/N-ethyl adjacent to an activating group) is 1. The number of ether oxygens (including phenoxy) is 1. The second-order valence-corrected chi connectivity index (χ2v) is 6.51. The zero-order valence-electron chi connectivity index (χ0n) is 16.0. The molecule has 0 spiro atoms. The first-order chi connectivity index (χ1) is 12.6. The minimum atomic E-state index is -0.0957. The fourth-order valence-electron chi connectivity index (χ4n) is 3.59. The van der Waals surface area contributed by atoms with Crippen molar-refractivity contribution in [3.63, 3.8) is 0 Å². The summed E-state index contributed by atoms with van der Waals surface area (Å²) in [6, 6.07) is 16.2. The monoisotopic (exact) mass is 353 g/mol. The van der Waals surface area contributed by atoms with Crippen LogP contribution in [0.3, 0.4) is 0 Å². The number of hydrogen-bond donors (Lipinski definition) is 0. The maximum Gasteiger partial charge on any atom is 0.242 e. The molecule has 1 amide bonds. The van der Waals surface area contributed by atoms with Gasteiger partial charge in [-0.3, -0.25) is 14.6 Å². The lowest BCUT2D eigenvalue weighted by Crippen LogP contribution is -2.30. The van der Waals surface area contributed by atoms with Crippen LogP contribution in [-0.4, -0.2) is 44.6 Å². The van der Waals surface area contributed by atoms with E-state index < -0.39 is 0 Å². The molecule has 1 unspecified atom stereocenters. The molecule has 1 saturated heterocycles. The SMILES string of the molecule is CCN(CC)c1ccc(C2N(C)CC(=O)N2c2ccc(OC)cc2)cc1. The number of amides is 1. The second kappa shape index (κ2) is 7.79. The summed E-state index contributed by atoms with van der Waals surface area (Å²) in [5.74, 6) is 0.893. The Kier molecular flexibility index (Phi) is 5.47. The number of anilines is 2. The maximum atomic E-state index is 12.6. The standard InChI is InChI=1S/C21H27N3O2/c1-5-23(6-2)17-9-7-16(8-10-17)21-22(3)15-20(25)24(21)18-11-13-19(26-4)14-12-18/h7-14,21H,5-6,15H2,1-4H3. The molecular formula is C21H27N3O2. The third kappa shape index (κ3) is 3.40. The Morgan fingerprint density at radius 1 is 1.04 bits per heavy atom. The fraction of sp³-hybridized carbons (Fsp3) is 0.381. The Bertz CT molecular complexity index is 739. The van der Waals surface area contributed by atoms with Gasteiger partial charge in [-0.15, -0.1) is 0 Å². The quantitative estimate of drug-likeness (QED) is 0.796. The predicted molar refractivity (Wildman–Crippen MR) is 106 cm³/mol. The van der Waals surface area contributed by atoms with E-state index in [1.54, 1.807) is 7.11 Å². The van der Waals surface area contributed by atoms with Crippen LogP contribution in [0.2, 0.25) is 0 Å². The second-order valence-electron chi connectivity index (χ2n) is 6.51. The molecule has 2 aromatic carbocycles. The third-order valence-electron chi connectivity index (χ3n) is 4.99. The highest BCUT2D eigenvalue weighted by molar-refractivity contribution is 5.97. The number of carbonyl (C=O) groups is 1. The van der Waals surface area contributed by atoms with Gasteiger partial charge in [0.15, 0.2) is 0 Å². The van der Waals surface area contributed by atoms with Gasteiger partial charge in [0, 0.05) is 24.5 Å². The summed E-state index contributed by atoms with van der Waals surface area (Å²) in [5, 5.41) is 0. The van der Waals surface area contributed by atoms with Crippen molar-refractivity contribution in [2.75, 3.05) is 43.6 Å². The lowest BCUT2D eigenvalue weighted by atomic mass is 10.1. The molecule has 1 atom stereocenters. The van der Waals surface area contributed by atoms with Crippen molar-refractivity contribution in [1.29, 1.82) is 0 Å². The van der Waals surface area contributed by atoms with E-state index in [1.807, 2.05) is 36.2 Å². The highest BCUT2D eigenvalue weighted by Crippen LogP contribution is 2.35. The summed E-state index contributed by atoms with van der Waals surface area (Å²) in [6.45, 7) is 6.69. The van der Waals surface area contributed by atoms with Gasteiger partial charge < -0.3 is 9.64 Å². The molecule has 0 aromatic heterocycles. The summed E-state index contributed by atoms with van der Waals surface area (Å²) < 4.78 is 5.23. The molecule has 138 valence electrons. The van der Waals surface area contributed by atoms with Crippen LogP contribution in [0, 0.1) is 0 Å². The number of rotatable bonds is 6. The number of hydrogen-bond acceptors (Lipinski definition) is 4. The van der Waals surface area contributed by atoms with Gasteiger partial charge in [-0.2, -0.15) is 0 Å². The molecule has 1 heterocycles. The van der Waals surface area contributed by atoms with Gasteiger partial charge in [0.05, 0.1) is 13.7 Å². The van der Waals surface area contributed by atoms with Crippen molar-refractivity contribution < 1.29 is 9.53 Å². The van der Waals surface area contributed by atoms with Crippen molar-refractivity contribution in [3.8, 4) is 5.75 Å². The Morgan fingerprint density at radius 2 is 1.65 bits per heavy atom. The van der Waals surface area contributed by atoms with E-state index in [-0.39, 0.29) is 12.1 Å². The third-order valence-corrected chi connectivity index (χ3v) is 4.99. The molecule has 0 bridgehead atoms. The largest absolute Gasteiger partial charge is 0.497 e. The van der Waals surface area contributed by atoms with Gasteiger partial charge in [-0.25, -0.2) is 0 Å². The predicted octanol–water partition coefficient (Wildman–Crippen LogP) is 3.52. The first-order valence-corrected chi connectivity index (χ1v) is 9.10. The minimum absolute atomic E-state index is 0.0957. The highest BCUT2D eigenvalue weighted by Gasteiger charge is 2.37. The van der Waals surface area contributed by atoms with Gasteiger partial charge >= 0.3 is 0 Å². The number of carbonyl (C=O) groups excluding carboxylic acids is 1. The van der Waals surface area contributed by atoms with Gasteiger partial charge in [0.2, 0.25) is 5.91 Å². The molecule has 1 aliphatic heterocycles. The molecule has 2 aromatic rings. The van der Waals surface area contributed by atoms with Crippen molar-refractivity contribution in [2.24, 2.45) is 0 Å². The molecule has 1 aliphatic rings. The molecule has 0 radical (unpaired) electrons. The van der Waals surface area contributed by atoms with Crippen LogP contribution in [0.4, 0.5) is 11.4 Å². The summed E-state index contributed by atoms with van der Waals surface area (Å²) in [4.78, 5) is 18.9. The van der Waals surface area contributed by atoms with Crippen LogP contribution in [0.5, 0.6) is 5.75 Å². The first-order valence-electron chi connectivity index (χ1n) is 9.10. The molecule has 5 heteroatoms. The van der Waals surface area contributed by atoms with Gasteiger partial charge in [-0.05, 0) is 62.9 Å². The summed E-state index contributed by atoms with van der Waals surface area (Å²) in [7, 11) is 3.63. The van der Waals surface area contributed by atoms with Crippen LogP contribution in [0.25, 0.3) is 0 Å². The van der Waals surface area contributed by atoms with Crippen LogP contribution in [0.1, 0.15) is 25.6 Å². The van der Waals surface area contributed by atoms with Gasteiger partial charge in [0.25, 0.3) is 0 Å². The summed E-state index contributed by atoms with van der Waals surface area (Å²) in [6.07, 6.45) is -0.0957. The summed E-state index contributed by atoms with van der Waals surface area (Å²) >= 11 is 0. The number of methoxy groups -OCH3 is 1. The maximum absolute atomic E-state index is 12.6. The van der Waals surface area contributed by atoms with Gasteiger partial charge in [-0.1, -0.05) is 12.1 Å². The number of benzene rings is 2. The van der Waals surface area contributed by atoms with E-state index >= 15 is 0 Å². The first kappa shape index (κ1) is 18.3. The molecule has 1 fully saturated rings. The topological polar surface area (TPSA) is 36.0 Å². The Hall–Kier alpha value is -2.53. The zero-order chi connectivity index (χ0) is 18.7. The lowest BCUT2D eigenvalue weighted by molar-refractivity contribution is -0.116. The molecule has 0 saturated carbocycles. The van der Waals surface area contributed by atoms with Crippen molar-refractivity contribution >= 4 is 17.3 Å². The fourth-order valence-corrected chi connectivity index (χ4v) is 3.59. The zero-order valence-corrected chi connectivity index (χ0v) is 16.0. The molecule has 3 rings (SSSR count). The molecule has 0 aliphatic carbocycles. The number of nitrogens with zero attached hydrogens (tertiary/aromatic N) is 3. The van der Waals surface area contributed by atoms with E-state index in [0.29, 0.717) is 6.54 Å². The van der Waals surface area contributed by atoms with Crippen LogP contribution < -0.4 is 14.5 Å². The Morgan fingerprint density at radius 3 is 2.19 bits per heavy atom. The average molecular weight is 353 g/mol. The van der Waals surface area contributed by atoms with E-state index in [1.165, 1.54) is 5.69 Å². The minimum Gasteiger partial charge on any atom is -0.497 e. The normalized spacial score (nSPS) is 17.6. The van der Waals surface area contributed by atoms with Crippen molar-refractivity contribution in [3.05, 3.63) is 54.1 Å². The summed E-state index contributed by atoms with van der Waals surface area (Å²) in [5.41, 5.74) is 3.21. The van der Waals surface area contributed by atoms with E-state index in [0.717, 1.165) is 30.1 Å². The van der Waals surface area contributed by atoms with Crippen molar-refractivity contribution in [2.45, 2.75) is 20.0 Å². The van der Waals surface area contributed by atoms with Crippen LogP contribution in [0.15, 0.2) is 48.5 Å². The molecule has 0 N–H and O–H groups in total. The van der Waals surface area contributed by atoms with Crippen LogP contribution >= 0.6 is 0 Å². The smallest absolute Gasteiger partial charge is 0.242 e. The Balaban J connectivity index is 1.91. The van der Waals surface area contributed by atoms with Crippen molar-refractivity contribution in [1.82, 2.24) is 4.90 Å². The van der Waals surface area contributed by atoms with Crippen LogP contribution in [-0.2, 0) is 4.79 Å². The van der Waals surface area contributed by atoms with E-state index in [4.69, 9.17) is 4.74 Å². The molecule has 5 nitrogen and oxygen atoms in total. The highest BCUT2D eigenvalue weighted by atomic mass is 16.5. The average Bonchev–Trinajstić information content (AvgIpc) is 2.97. The molecule has 26 heavy (non-hydrogen) atoms. The van der Waals surface area contributed by atoms with Gasteiger partial charge in [0.1, 0.15) is 11.9 Å². The van der Waals surface area contributed by atoms with E-state index in [9.17, 15) is 4.79 Å². The molecular weight excluding hydrogens is 326 g/mol.